The van der Waals surface area contributed by atoms with Gasteiger partial charge in [-0.1, -0.05) is 32.9 Å². The van der Waals surface area contributed by atoms with Gasteiger partial charge in [0.2, 0.25) is 0 Å². The van der Waals surface area contributed by atoms with Crippen LogP contribution in [0.4, 0.5) is 5.82 Å². The van der Waals surface area contributed by atoms with Crippen LogP contribution in [0.3, 0.4) is 0 Å². The highest BCUT2D eigenvalue weighted by atomic mass is 16.3. The lowest BCUT2D eigenvalue weighted by Gasteiger charge is -2.14. The molecule has 0 fully saturated rings. The second kappa shape index (κ2) is 6.36. The molecule has 0 atom stereocenters. The van der Waals surface area contributed by atoms with E-state index in [4.69, 9.17) is 5.26 Å². The molecule has 2 aromatic rings. The molecule has 118 valence electrons. The summed E-state index contributed by atoms with van der Waals surface area (Å²) in [5.41, 5.74) is 1.37. The zero-order chi connectivity index (χ0) is 17.0. The number of hydrogen-bond donors (Lipinski definition) is 3. The quantitative estimate of drug-likeness (QED) is 0.599. The van der Waals surface area contributed by atoms with Crippen LogP contribution >= 0.6 is 0 Å². The highest BCUT2D eigenvalue weighted by molar-refractivity contribution is 6.09. The fraction of sp³-hybridized carbons (Fsp3) is 0.235. The maximum absolute atomic E-state index is 12.2. The summed E-state index contributed by atoms with van der Waals surface area (Å²) in [4.78, 5) is 12.2. The number of aromatic hydroxyl groups is 1. The number of aromatic amines is 1. The highest BCUT2D eigenvalue weighted by Gasteiger charge is 2.18. The first kappa shape index (κ1) is 16.3. The summed E-state index contributed by atoms with van der Waals surface area (Å²) in [6.07, 6.45) is 1.45. The number of nitriles is 1. The number of nitrogens with zero attached hydrogens (tertiary/aromatic N) is 2. The molecule has 2 rings (SSSR count). The molecule has 1 aromatic heterocycles. The number of carbonyl (C=O) groups is 1. The van der Waals surface area contributed by atoms with Crippen molar-refractivity contribution in [2.45, 2.75) is 26.2 Å². The molecule has 0 bridgehead atoms. The Labute approximate surface area is 134 Å². The molecule has 3 N–H and O–H groups in total. The second-order valence-electron chi connectivity index (χ2n) is 6.13. The number of hydrogen-bond acceptors (Lipinski definition) is 4. The van der Waals surface area contributed by atoms with Gasteiger partial charge in [-0.25, -0.2) is 0 Å². The standard InChI is InChI=1S/C17H18N4O2/c1-17(2,3)14-9-15(21-20-14)19-16(23)12(10-18)8-11-4-6-13(22)7-5-11/h4-9,22H,1-3H3,(H2,19,20,21,23)/b12-8+. The summed E-state index contributed by atoms with van der Waals surface area (Å²) >= 11 is 0. The van der Waals surface area contributed by atoms with Gasteiger partial charge in [-0.3, -0.25) is 9.89 Å². The number of amides is 1. The Balaban J connectivity index is 2.16. The van der Waals surface area contributed by atoms with Crippen LogP contribution in [-0.4, -0.2) is 21.2 Å². The van der Waals surface area contributed by atoms with Crippen molar-refractivity contribution in [1.82, 2.24) is 10.2 Å². The summed E-state index contributed by atoms with van der Waals surface area (Å²) in [5, 5.41) is 27.9. The number of anilines is 1. The van der Waals surface area contributed by atoms with E-state index in [-0.39, 0.29) is 16.7 Å². The summed E-state index contributed by atoms with van der Waals surface area (Å²) in [5.74, 6) is -0.0457. The maximum Gasteiger partial charge on any atom is 0.267 e. The molecular weight excluding hydrogens is 292 g/mol. The van der Waals surface area contributed by atoms with Gasteiger partial charge in [0, 0.05) is 17.2 Å². The molecule has 1 heterocycles. The molecule has 0 radical (unpaired) electrons. The predicted molar refractivity (Wildman–Crippen MR) is 87.6 cm³/mol. The van der Waals surface area contributed by atoms with Crippen molar-refractivity contribution in [2.24, 2.45) is 0 Å². The van der Waals surface area contributed by atoms with Gasteiger partial charge < -0.3 is 10.4 Å². The van der Waals surface area contributed by atoms with Gasteiger partial charge in [0.1, 0.15) is 17.4 Å². The average molecular weight is 310 g/mol. The van der Waals surface area contributed by atoms with Crippen LogP contribution < -0.4 is 5.32 Å². The Hall–Kier alpha value is -3.07. The van der Waals surface area contributed by atoms with Crippen molar-refractivity contribution in [3.63, 3.8) is 0 Å². The number of nitrogens with one attached hydrogen (secondary N) is 2. The lowest BCUT2D eigenvalue weighted by molar-refractivity contribution is -0.112. The number of aromatic nitrogens is 2. The number of phenolic OH excluding ortho intramolecular Hbond substituents is 1. The van der Waals surface area contributed by atoms with Gasteiger partial charge in [0.25, 0.3) is 5.91 Å². The maximum atomic E-state index is 12.2. The SMILES string of the molecule is CC(C)(C)c1cc(NC(=O)/C(C#N)=C/c2ccc(O)cc2)n[nH]1. The second-order valence-corrected chi connectivity index (χ2v) is 6.13. The third kappa shape index (κ3) is 4.20. The molecule has 1 aromatic carbocycles. The summed E-state index contributed by atoms with van der Waals surface area (Å²) in [7, 11) is 0. The van der Waals surface area contributed by atoms with Crippen LogP contribution in [0.15, 0.2) is 35.9 Å². The van der Waals surface area contributed by atoms with Crippen LogP contribution in [0, 0.1) is 11.3 Å². The third-order valence-corrected chi connectivity index (χ3v) is 3.20. The molecule has 0 spiro atoms. The molecule has 0 aliphatic carbocycles. The van der Waals surface area contributed by atoms with Crippen molar-refractivity contribution in [3.8, 4) is 11.8 Å². The lowest BCUT2D eigenvalue weighted by Crippen LogP contribution is -2.14. The van der Waals surface area contributed by atoms with Crippen molar-refractivity contribution < 1.29 is 9.90 Å². The molecule has 6 heteroatoms. The minimum Gasteiger partial charge on any atom is -0.508 e. The Morgan fingerprint density at radius 1 is 1.35 bits per heavy atom. The lowest BCUT2D eigenvalue weighted by atomic mass is 9.92. The number of carbonyl (C=O) groups excluding carboxylic acids is 1. The first-order valence-electron chi connectivity index (χ1n) is 7.07. The molecule has 0 aliphatic heterocycles. The summed E-state index contributed by atoms with van der Waals surface area (Å²) in [6.45, 7) is 6.08. The van der Waals surface area contributed by atoms with Crippen molar-refractivity contribution in [2.75, 3.05) is 5.32 Å². The minimum atomic E-state index is -0.535. The first-order valence-corrected chi connectivity index (χ1v) is 7.07. The largest absolute Gasteiger partial charge is 0.508 e. The molecule has 1 amide bonds. The molecule has 0 saturated heterocycles. The normalized spacial score (nSPS) is 11.8. The molecule has 0 saturated carbocycles. The number of rotatable bonds is 3. The van der Waals surface area contributed by atoms with Crippen molar-refractivity contribution in [3.05, 3.63) is 47.2 Å². The van der Waals surface area contributed by atoms with Crippen LogP contribution in [0.25, 0.3) is 6.08 Å². The van der Waals surface area contributed by atoms with Crippen LogP contribution in [-0.2, 0) is 10.2 Å². The summed E-state index contributed by atoms with van der Waals surface area (Å²) < 4.78 is 0. The van der Waals surface area contributed by atoms with Gasteiger partial charge >= 0.3 is 0 Å². The van der Waals surface area contributed by atoms with E-state index in [1.54, 1.807) is 18.2 Å². The van der Waals surface area contributed by atoms with Crippen molar-refractivity contribution >= 4 is 17.8 Å². The van der Waals surface area contributed by atoms with Gasteiger partial charge in [-0.2, -0.15) is 10.4 Å². The van der Waals surface area contributed by atoms with Crippen molar-refractivity contribution in [1.29, 1.82) is 5.26 Å². The Bertz CT molecular complexity index is 774. The Kier molecular flexibility index (Phi) is 4.51. The average Bonchev–Trinajstić information content (AvgIpc) is 2.95. The van der Waals surface area contributed by atoms with E-state index in [2.05, 4.69) is 15.5 Å². The zero-order valence-corrected chi connectivity index (χ0v) is 13.2. The van der Waals surface area contributed by atoms with Gasteiger partial charge in [0.15, 0.2) is 5.82 Å². The molecule has 0 aliphatic rings. The molecule has 6 nitrogen and oxygen atoms in total. The minimum absolute atomic E-state index is 0.0454. The summed E-state index contributed by atoms with van der Waals surface area (Å²) in [6, 6.07) is 9.83. The molecule has 23 heavy (non-hydrogen) atoms. The van der Waals surface area contributed by atoms with E-state index in [9.17, 15) is 9.90 Å². The van der Waals surface area contributed by atoms with E-state index in [1.165, 1.54) is 18.2 Å². The van der Waals surface area contributed by atoms with Crippen LogP contribution in [0.5, 0.6) is 5.75 Å². The number of H-pyrrole nitrogens is 1. The van der Waals surface area contributed by atoms with E-state index in [1.807, 2.05) is 26.8 Å². The Morgan fingerprint density at radius 3 is 2.52 bits per heavy atom. The van der Waals surface area contributed by atoms with Gasteiger partial charge in [0.05, 0.1) is 0 Å². The first-order chi connectivity index (χ1) is 10.8. The molecule has 0 unspecified atom stereocenters. The Morgan fingerprint density at radius 2 is 2.00 bits per heavy atom. The predicted octanol–water partition coefficient (Wildman–Crippen LogP) is 2.96. The smallest absolute Gasteiger partial charge is 0.267 e. The topological polar surface area (TPSA) is 102 Å². The van der Waals surface area contributed by atoms with Gasteiger partial charge in [-0.05, 0) is 23.8 Å². The van der Waals surface area contributed by atoms with Crippen LogP contribution in [0.1, 0.15) is 32.0 Å². The fourth-order valence-electron chi connectivity index (χ4n) is 1.84. The molecular formula is C17H18N4O2. The van der Waals surface area contributed by atoms with E-state index in [0.29, 0.717) is 11.4 Å². The monoisotopic (exact) mass is 310 g/mol. The number of phenols is 1. The van der Waals surface area contributed by atoms with E-state index in [0.717, 1.165) is 5.69 Å². The van der Waals surface area contributed by atoms with Crippen LogP contribution in [0.2, 0.25) is 0 Å². The van der Waals surface area contributed by atoms with Gasteiger partial charge in [-0.15, -0.1) is 0 Å². The third-order valence-electron chi connectivity index (χ3n) is 3.20. The van der Waals surface area contributed by atoms with E-state index < -0.39 is 5.91 Å². The highest BCUT2D eigenvalue weighted by Crippen LogP contribution is 2.22. The number of benzene rings is 1. The van der Waals surface area contributed by atoms with E-state index >= 15 is 0 Å². The zero-order valence-electron chi connectivity index (χ0n) is 13.2. The fourth-order valence-corrected chi connectivity index (χ4v) is 1.84.